The van der Waals surface area contributed by atoms with Gasteiger partial charge in [-0.2, -0.15) is 5.26 Å². The zero-order chi connectivity index (χ0) is 23.3. The summed E-state index contributed by atoms with van der Waals surface area (Å²) in [5.41, 5.74) is -0.0907. The molecule has 4 atom stereocenters. The number of carbonyl (C=O) groups is 4. The van der Waals surface area contributed by atoms with E-state index < -0.39 is 48.5 Å². The van der Waals surface area contributed by atoms with Crippen LogP contribution in [0.5, 0.6) is 0 Å². The largest absolute Gasteiger partial charge is 0.463 e. The summed E-state index contributed by atoms with van der Waals surface area (Å²) in [6.45, 7) is 3.22. The quantitative estimate of drug-likeness (QED) is 0.479. The number of esters is 3. The van der Waals surface area contributed by atoms with Gasteiger partial charge in [-0.05, 0) is 0 Å². The average Bonchev–Trinajstić information content (AvgIpc) is 3.20. The van der Waals surface area contributed by atoms with E-state index in [9.17, 15) is 24.4 Å². The summed E-state index contributed by atoms with van der Waals surface area (Å²) < 4.78 is 22.7. The molecule has 13 heteroatoms. The molecule has 1 fully saturated rings. The van der Waals surface area contributed by atoms with Gasteiger partial charge in [0.1, 0.15) is 25.1 Å². The predicted octanol–water partition coefficient (Wildman–Crippen LogP) is 0.172. The molecular weight excluding hydrogens is 414 g/mol. The number of hydrogen-bond donors (Lipinski definition) is 1. The van der Waals surface area contributed by atoms with Gasteiger partial charge in [-0.25, -0.2) is 9.78 Å². The van der Waals surface area contributed by atoms with Crippen LogP contribution in [0.2, 0.25) is 0 Å². The maximum absolute atomic E-state index is 11.9. The van der Waals surface area contributed by atoms with Gasteiger partial charge in [0.2, 0.25) is 0 Å². The highest BCUT2D eigenvalue weighted by Crippen LogP contribution is 2.36. The molecule has 2 rings (SSSR count). The van der Waals surface area contributed by atoms with E-state index >= 15 is 0 Å². The maximum atomic E-state index is 11.9. The van der Waals surface area contributed by atoms with Crippen LogP contribution in [0.25, 0.3) is 0 Å². The van der Waals surface area contributed by atoms with E-state index in [1.165, 1.54) is 36.8 Å². The van der Waals surface area contributed by atoms with E-state index in [1.807, 2.05) is 6.07 Å². The van der Waals surface area contributed by atoms with Gasteiger partial charge < -0.3 is 23.8 Å². The van der Waals surface area contributed by atoms with E-state index in [2.05, 4.69) is 10.3 Å². The number of amides is 2. The van der Waals surface area contributed by atoms with E-state index in [0.29, 0.717) is 0 Å². The lowest BCUT2D eigenvalue weighted by molar-refractivity contribution is -0.166. The molecule has 1 aliphatic rings. The summed E-state index contributed by atoms with van der Waals surface area (Å²) in [5, 5.41) is 12.1. The van der Waals surface area contributed by atoms with Crippen LogP contribution >= 0.6 is 0 Å². The lowest BCUT2D eigenvalue weighted by Gasteiger charge is -2.23. The predicted molar refractivity (Wildman–Crippen MR) is 101 cm³/mol. The van der Waals surface area contributed by atoms with E-state index in [0.717, 1.165) is 13.8 Å². The number of ether oxygens (including phenoxy) is 4. The van der Waals surface area contributed by atoms with Crippen LogP contribution in [-0.4, -0.2) is 77.4 Å². The molecule has 0 spiro atoms. The summed E-state index contributed by atoms with van der Waals surface area (Å²) >= 11 is 0. The molecular formula is C18H23N5O8. The molecule has 1 saturated heterocycles. The molecule has 1 aromatic rings. The molecule has 2 heterocycles. The normalized spacial score (nSPS) is 22.2. The highest BCUT2D eigenvalue weighted by molar-refractivity contribution is 5.89. The summed E-state index contributed by atoms with van der Waals surface area (Å²) in [4.78, 5) is 51.8. The van der Waals surface area contributed by atoms with Crippen LogP contribution in [0.4, 0.5) is 10.6 Å². The second-order valence-corrected chi connectivity index (χ2v) is 6.80. The van der Waals surface area contributed by atoms with Crippen molar-refractivity contribution in [3.63, 3.8) is 0 Å². The number of nitrogens with one attached hydrogen (secondary N) is 1. The first kappa shape index (κ1) is 23.6. The van der Waals surface area contributed by atoms with Crippen LogP contribution < -0.4 is 5.32 Å². The number of aromatic nitrogens is 2. The SMILES string of the molecule is CC(=O)OC[C@H]1O[C@@H](n2cnc(NC(=O)N(C)C)c2C#N)[C@H](OC(C)=O)[C@@H]1OC(C)=O. The molecule has 1 N–H and O–H groups in total. The van der Waals surface area contributed by atoms with Crippen LogP contribution in [0.1, 0.15) is 32.7 Å². The smallest absolute Gasteiger partial charge is 0.322 e. The number of imidazole rings is 1. The number of carbonyl (C=O) groups excluding carboxylic acids is 4. The Labute approximate surface area is 177 Å². The number of hydrogen-bond acceptors (Lipinski definition) is 10. The Morgan fingerprint density at radius 2 is 1.77 bits per heavy atom. The lowest BCUT2D eigenvalue weighted by Crippen LogP contribution is -2.40. The van der Waals surface area contributed by atoms with Crippen LogP contribution in [0, 0.1) is 11.3 Å². The number of rotatable bonds is 6. The molecule has 0 unspecified atom stereocenters. The van der Waals surface area contributed by atoms with Gasteiger partial charge in [-0.1, -0.05) is 0 Å². The average molecular weight is 437 g/mol. The molecule has 1 aliphatic heterocycles. The number of nitrogens with zero attached hydrogens (tertiary/aromatic N) is 4. The van der Waals surface area contributed by atoms with Crippen molar-refractivity contribution in [1.29, 1.82) is 5.26 Å². The second-order valence-electron chi connectivity index (χ2n) is 6.80. The van der Waals surface area contributed by atoms with Gasteiger partial charge in [0, 0.05) is 34.9 Å². The Morgan fingerprint density at radius 3 is 2.29 bits per heavy atom. The molecule has 1 aromatic heterocycles. The number of anilines is 1. The van der Waals surface area contributed by atoms with Crippen molar-refractivity contribution in [2.75, 3.05) is 26.0 Å². The molecule has 2 amide bonds. The van der Waals surface area contributed by atoms with Crippen molar-refractivity contribution in [1.82, 2.24) is 14.5 Å². The van der Waals surface area contributed by atoms with Crippen LogP contribution in [0.3, 0.4) is 0 Å². The zero-order valence-corrected chi connectivity index (χ0v) is 17.6. The Morgan fingerprint density at radius 1 is 1.16 bits per heavy atom. The number of nitriles is 1. The fourth-order valence-electron chi connectivity index (χ4n) is 2.89. The Bertz CT molecular complexity index is 905. The first-order valence-corrected chi connectivity index (χ1v) is 9.13. The van der Waals surface area contributed by atoms with Crippen molar-refractivity contribution in [2.45, 2.75) is 45.3 Å². The van der Waals surface area contributed by atoms with Gasteiger partial charge >= 0.3 is 23.9 Å². The monoisotopic (exact) mass is 437 g/mol. The minimum Gasteiger partial charge on any atom is -0.463 e. The van der Waals surface area contributed by atoms with E-state index in [-0.39, 0.29) is 18.1 Å². The third-order valence-electron chi connectivity index (χ3n) is 4.15. The topological polar surface area (TPSA) is 162 Å². The molecule has 0 bridgehead atoms. The van der Waals surface area contributed by atoms with Gasteiger partial charge in [-0.15, -0.1) is 0 Å². The first-order chi connectivity index (χ1) is 14.5. The van der Waals surface area contributed by atoms with Crippen molar-refractivity contribution in [2.24, 2.45) is 0 Å². The number of urea groups is 1. The molecule has 13 nitrogen and oxygen atoms in total. The Balaban J connectivity index is 2.44. The minimum atomic E-state index is -1.18. The fraction of sp³-hybridized carbons (Fsp3) is 0.556. The highest BCUT2D eigenvalue weighted by atomic mass is 16.7. The Hall–Kier alpha value is -3.66. The fourth-order valence-corrected chi connectivity index (χ4v) is 2.89. The summed E-state index contributed by atoms with van der Waals surface area (Å²) in [6, 6.07) is 1.40. The molecule has 0 aromatic carbocycles. The van der Waals surface area contributed by atoms with E-state index in [1.54, 1.807) is 0 Å². The standard InChI is InChI=1S/C18H23N5O8/c1-9(24)28-7-13-14(29-10(2)25)15(30-11(3)26)17(31-13)23-8-20-16(12(23)6-19)21-18(27)22(4)5/h8,13-15,17H,7H2,1-5H3,(H,21,27)/t13-,14-,15-,17-/m1/s1. The van der Waals surface area contributed by atoms with Crippen molar-refractivity contribution < 1.29 is 38.1 Å². The van der Waals surface area contributed by atoms with Crippen LogP contribution in [-0.2, 0) is 33.3 Å². The molecule has 0 aliphatic carbocycles. The summed E-state index contributed by atoms with van der Waals surface area (Å²) in [7, 11) is 3.02. The third-order valence-corrected chi connectivity index (χ3v) is 4.15. The first-order valence-electron chi connectivity index (χ1n) is 9.13. The van der Waals surface area contributed by atoms with Crippen molar-refractivity contribution >= 4 is 29.8 Å². The Kier molecular flexibility index (Phi) is 7.54. The molecule has 168 valence electrons. The van der Waals surface area contributed by atoms with Gasteiger partial charge in [0.25, 0.3) is 0 Å². The van der Waals surface area contributed by atoms with Crippen molar-refractivity contribution in [3.8, 4) is 6.07 Å². The summed E-state index contributed by atoms with van der Waals surface area (Å²) in [6.07, 6.45) is -3.23. The lowest BCUT2D eigenvalue weighted by atomic mass is 10.1. The molecule has 31 heavy (non-hydrogen) atoms. The van der Waals surface area contributed by atoms with Crippen molar-refractivity contribution in [3.05, 3.63) is 12.0 Å². The molecule has 0 radical (unpaired) electrons. The van der Waals surface area contributed by atoms with Gasteiger partial charge in [0.15, 0.2) is 29.9 Å². The third kappa shape index (κ3) is 5.70. The van der Waals surface area contributed by atoms with Crippen LogP contribution in [0.15, 0.2) is 6.33 Å². The molecule has 0 saturated carbocycles. The van der Waals surface area contributed by atoms with E-state index in [4.69, 9.17) is 18.9 Å². The minimum absolute atomic E-state index is 0.0427. The van der Waals surface area contributed by atoms with Gasteiger partial charge in [0.05, 0.1) is 0 Å². The second kappa shape index (κ2) is 9.90. The highest BCUT2D eigenvalue weighted by Gasteiger charge is 2.51. The zero-order valence-electron chi connectivity index (χ0n) is 17.6. The van der Waals surface area contributed by atoms with Gasteiger partial charge in [-0.3, -0.25) is 24.3 Å². The maximum Gasteiger partial charge on any atom is 0.322 e. The summed E-state index contributed by atoms with van der Waals surface area (Å²) in [5.74, 6) is -2.00.